The number of nitro benzene ring substituents is 2. The van der Waals surface area contributed by atoms with E-state index in [1.165, 1.54) is 23.8 Å². The van der Waals surface area contributed by atoms with Crippen molar-refractivity contribution in [3.8, 4) is 0 Å². The van der Waals surface area contributed by atoms with Crippen LogP contribution in [-0.2, 0) is 16.1 Å². The number of H-pyrrole nitrogens is 1. The molecule has 5 radical (unpaired) electrons. The van der Waals surface area contributed by atoms with Crippen LogP contribution in [0.2, 0.25) is 0 Å². The minimum atomic E-state index is -0.462. The zero-order valence-corrected chi connectivity index (χ0v) is 17.0. The van der Waals surface area contributed by atoms with Crippen LogP contribution in [0.4, 0.5) is 11.4 Å². The molecule has 4 rings (SSSR count). The lowest BCUT2D eigenvalue weighted by atomic mass is 9.40. The summed E-state index contributed by atoms with van der Waals surface area (Å²) in [6, 6.07) is 13.3. The van der Waals surface area contributed by atoms with Crippen molar-refractivity contribution in [2.45, 2.75) is 6.54 Å². The second-order valence-electron chi connectivity index (χ2n) is 6.16. The lowest BCUT2D eigenvalue weighted by Crippen LogP contribution is -2.11. The Hall–Kier alpha value is -4.02. The summed E-state index contributed by atoms with van der Waals surface area (Å²) in [5.74, 6) is -0.444. The average Bonchev–Trinajstić information content (AvgIpc) is 3.41. The predicted octanol–water partition coefficient (Wildman–Crippen LogP) is 2.66. The molecule has 2 aromatic heterocycles. The van der Waals surface area contributed by atoms with E-state index in [-0.39, 0.29) is 17.9 Å². The molecule has 13 heteroatoms. The van der Waals surface area contributed by atoms with Crippen molar-refractivity contribution < 1.29 is 19.4 Å². The minimum absolute atomic E-state index is 0.0172. The zero-order valence-electron chi connectivity index (χ0n) is 17.0. The van der Waals surface area contributed by atoms with Crippen LogP contribution in [0, 0.1) is 20.2 Å². The third-order valence-corrected chi connectivity index (χ3v) is 4.25. The molecule has 0 aliphatic carbocycles. The van der Waals surface area contributed by atoms with E-state index in [9.17, 15) is 25.0 Å². The van der Waals surface area contributed by atoms with E-state index >= 15 is 0 Å². The van der Waals surface area contributed by atoms with Gasteiger partial charge >= 0.3 is 5.97 Å². The summed E-state index contributed by atoms with van der Waals surface area (Å²) in [5, 5.41) is 23.0. The van der Waals surface area contributed by atoms with Crippen molar-refractivity contribution in [2.75, 3.05) is 7.11 Å². The van der Waals surface area contributed by atoms with Gasteiger partial charge < -0.3 is 14.3 Å². The lowest BCUT2D eigenvalue weighted by molar-refractivity contribution is -0.383. The number of esters is 1. The number of carbonyl (C=O) groups is 1. The molecular weight excluding hydrogens is 413 g/mol. The maximum atomic E-state index is 11.2. The van der Waals surface area contributed by atoms with Crippen LogP contribution in [0.25, 0.3) is 21.8 Å². The van der Waals surface area contributed by atoms with E-state index in [0.29, 0.717) is 11.0 Å². The van der Waals surface area contributed by atoms with Gasteiger partial charge in [0.25, 0.3) is 11.4 Å². The van der Waals surface area contributed by atoms with Gasteiger partial charge in [-0.25, -0.2) is 0 Å². The van der Waals surface area contributed by atoms with Gasteiger partial charge in [0.05, 0.1) is 17.0 Å². The highest BCUT2D eigenvalue weighted by atomic mass is 16.6. The van der Waals surface area contributed by atoms with Gasteiger partial charge in [0.2, 0.25) is 0 Å². The molecule has 2 heterocycles. The Morgan fingerprint density at radius 2 is 1.62 bits per heavy atom. The van der Waals surface area contributed by atoms with E-state index in [4.69, 9.17) is 0 Å². The smallest absolute Gasteiger partial charge is 0.325 e. The highest BCUT2D eigenvalue weighted by Gasteiger charge is 2.16. The van der Waals surface area contributed by atoms with Crippen LogP contribution < -0.4 is 0 Å². The van der Waals surface area contributed by atoms with Gasteiger partial charge in [-0.15, -0.1) is 0 Å². The summed E-state index contributed by atoms with van der Waals surface area (Å²) in [5.41, 5.74) is 1.12. The second-order valence-corrected chi connectivity index (χ2v) is 6.16. The van der Waals surface area contributed by atoms with Crippen LogP contribution in [-0.4, -0.2) is 55.0 Å². The molecule has 0 aliphatic heterocycles. The summed E-state index contributed by atoms with van der Waals surface area (Å²) >= 11 is 0. The predicted molar refractivity (Wildman–Crippen MR) is 123 cm³/mol. The molecule has 0 atom stereocenters. The van der Waals surface area contributed by atoms with E-state index < -0.39 is 15.8 Å². The number of hydrogen-bond donors (Lipinski definition) is 1. The first-order chi connectivity index (χ1) is 15.3. The van der Waals surface area contributed by atoms with Crippen LogP contribution >= 0.6 is 0 Å². The van der Waals surface area contributed by atoms with Gasteiger partial charge in [0.1, 0.15) is 17.6 Å². The normalized spacial score (nSPS) is 9.78. The summed E-state index contributed by atoms with van der Waals surface area (Å²) < 4.78 is 6.06. The molecular formula is C19H16B3N4O6. The van der Waals surface area contributed by atoms with Crippen molar-refractivity contribution in [1.82, 2.24) is 9.55 Å². The Morgan fingerprint density at radius 1 is 1.03 bits per heavy atom. The molecule has 157 valence electrons. The van der Waals surface area contributed by atoms with Crippen LogP contribution in [0.15, 0.2) is 60.9 Å². The number of nitrogens with zero attached hydrogens (tertiary/aromatic N) is 3. The fourth-order valence-electron chi connectivity index (χ4n) is 2.94. The van der Waals surface area contributed by atoms with Crippen molar-refractivity contribution >= 4 is 61.7 Å². The second kappa shape index (κ2) is 11.4. The summed E-state index contributed by atoms with van der Waals surface area (Å²) in [4.78, 5) is 34.6. The Kier molecular flexibility index (Phi) is 8.64. The maximum Gasteiger partial charge on any atom is 0.325 e. The highest BCUT2D eigenvalue weighted by Crippen LogP contribution is 2.26. The molecule has 2 aromatic carbocycles. The molecule has 4 aromatic rings. The first-order valence-electron chi connectivity index (χ1n) is 9.08. The van der Waals surface area contributed by atoms with E-state index in [0.717, 1.165) is 17.8 Å². The molecule has 0 spiro atoms. The fraction of sp³-hybridized carbons (Fsp3) is 0.105. The minimum Gasteiger partial charge on any atom is -0.468 e. The number of nitro groups is 2. The van der Waals surface area contributed by atoms with Crippen molar-refractivity contribution in [3.63, 3.8) is 0 Å². The van der Waals surface area contributed by atoms with Gasteiger partial charge in [0.15, 0.2) is 0 Å². The van der Waals surface area contributed by atoms with E-state index in [1.54, 1.807) is 36.7 Å². The average molecular weight is 429 g/mol. The van der Waals surface area contributed by atoms with Crippen molar-refractivity contribution in [2.24, 2.45) is 0 Å². The molecule has 0 bridgehead atoms. The number of aromatic amines is 1. The molecule has 0 fully saturated rings. The summed E-state index contributed by atoms with van der Waals surface area (Å²) in [6.07, 6.45) is 3.33. The molecule has 10 nitrogen and oxygen atoms in total. The monoisotopic (exact) mass is 429 g/mol. The van der Waals surface area contributed by atoms with Crippen molar-refractivity contribution in [1.29, 1.82) is 0 Å². The SMILES string of the molecule is COC(=O)Cn1ccc2cccc([N+](=O)[O-])c21.O=[N+]([O-])c1cccc2cc[nH]c12.[B][B][B]. The number of ether oxygens (including phenoxy) is 1. The Bertz CT molecular complexity index is 1240. The molecule has 1 N–H and O–H groups in total. The topological polar surface area (TPSA) is 133 Å². The van der Waals surface area contributed by atoms with Gasteiger partial charge in [-0.05, 0) is 12.1 Å². The number of rotatable bonds is 4. The number of carbonyl (C=O) groups excluding carboxylic acids is 1. The fourth-order valence-corrected chi connectivity index (χ4v) is 2.94. The van der Waals surface area contributed by atoms with Gasteiger partial charge in [-0.3, -0.25) is 25.0 Å². The number of para-hydroxylation sites is 2. The van der Waals surface area contributed by atoms with Gasteiger partial charge in [-0.2, -0.15) is 0 Å². The molecule has 32 heavy (non-hydrogen) atoms. The van der Waals surface area contributed by atoms with Gasteiger partial charge in [0, 0.05) is 57.8 Å². The van der Waals surface area contributed by atoms with Crippen LogP contribution in [0.3, 0.4) is 0 Å². The van der Waals surface area contributed by atoms with E-state index in [1.807, 2.05) is 12.1 Å². The number of fused-ring (bicyclic) bond motifs is 2. The van der Waals surface area contributed by atoms with E-state index in [2.05, 4.69) is 25.2 Å². The number of non-ortho nitro benzene ring substituents is 2. The number of nitrogens with one attached hydrogen (secondary N) is 1. The largest absolute Gasteiger partial charge is 0.468 e. The van der Waals surface area contributed by atoms with Crippen LogP contribution in [0.1, 0.15) is 0 Å². The Morgan fingerprint density at radius 3 is 2.22 bits per heavy atom. The highest BCUT2D eigenvalue weighted by molar-refractivity contribution is 7.17. The van der Waals surface area contributed by atoms with Gasteiger partial charge in [-0.1, -0.05) is 24.3 Å². The summed E-state index contributed by atoms with van der Waals surface area (Å²) in [7, 11) is 11.3. The molecule has 0 unspecified atom stereocenters. The standard InChI is InChI=1S/C11H10N2O4.C8H6N2O2.B3/c1-17-10(14)7-12-6-5-8-3-2-4-9(11(8)12)13(15)16;11-10(12)7-3-1-2-6-4-5-9-8(6)7;1-3-2/h2-6H,7H2,1H3;1-5,9H;. The first-order valence-corrected chi connectivity index (χ1v) is 9.08. The molecule has 0 saturated carbocycles. The number of methoxy groups -OCH3 is 1. The number of hydrogen-bond acceptors (Lipinski definition) is 6. The summed E-state index contributed by atoms with van der Waals surface area (Å²) in [6.45, 7) is -0.0369. The van der Waals surface area contributed by atoms with Crippen LogP contribution in [0.5, 0.6) is 0 Å². The first kappa shape index (κ1) is 24.3. The quantitative estimate of drug-likeness (QED) is 0.230. The molecule has 0 saturated heterocycles. The maximum absolute atomic E-state index is 11.2. The Balaban J connectivity index is 0.000000211. The zero-order chi connectivity index (χ0) is 23.7. The molecule has 0 aliphatic rings. The number of benzene rings is 2. The lowest BCUT2D eigenvalue weighted by Gasteiger charge is -2.03. The molecule has 0 amide bonds. The Labute approximate surface area is 185 Å². The van der Waals surface area contributed by atoms with Crippen molar-refractivity contribution in [3.05, 3.63) is 81.2 Å². The third-order valence-electron chi connectivity index (χ3n) is 4.25. The third kappa shape index (κ3) is 5.78. The number of aromatic nitrogens is 2.